The van der Waals surface area contributed by atoms with Crippen molar-refractivity contribution in [3.63, 3.8) is 0 Å². The largest absolute Gasteiger partial charge is 0.493 e. The molecule has 1 unspecified atom stereocenters. The molecule has 0 spiro atoms. The van der Waals surface area contributed by atoms with Gasteiger partial charge in [-0.05, 0) is 48.9 Å². The Morgan fingerprint density at radius 3 is 2.29 bits per heavy atom. The number of methoxy groups -OCH3 is 2. The van der Waals surface area contributed by atoms with Crippen LogP contribution in [0, 0.1) is 5.41 Å². The summed E-state index contributed by atoms with van der Waals surface area (Å²) in [5.74, 6) is 1.59. The fourth-order valence-electron chi connectivity index (χ4n) is 2.60. The Morgan fingerprint density at radius 1 is 1.10 bits per heavy atom. The van der Waals surface area contributed by atoms with Gasteiger partial charge in [0.15, 0.2) is 11.5 Å². The van der Waals surface area contributed by atoms with E-state index < -0.39 is 0 Å². The monoisotopic (exact) mass is 293 g/mol. The van der Waals surface area contributed by atoms with Crippen LogP contribution >= 0.6 is 0 Å². The zero-order valence-electron chi connectivity index (χ0n) is 14.5. The number of benzene rings is 1. The summed E-state index contributed by atoms with van der Waals surface area (Å²) < 4.78 is 10.7. The second-order valence-corrected chi connectivity index (χ2v) is 6.81. The van der Waals surface area contributed by atoms with E-state index in [0.29, 0.717) is 11.5 Å². The highest BCUT2D eigenvalue weighted by Gasteiger charge is 2.19. The number of nitrogens with one attached hydrogen (secondary N) is 1. The van der Waals surface area contributed by atoms with Crippen molar-refractivity contribution in [1.82, 2.24) is 5.32 Å². The molecule has 120 valence electrons. The average Bonchev–Trinajstić information content (AvgIpc) is 2.43. The van der Waals surface area contributed by atoms with Gasteiger partial charge >= 0.3 is 0 Å². The molecule has 0 fully saturated rings. The predicted octanol–water partition coefficient (Wildman–Crippen LogP) is 4.05. The Bertz CT molecular complexity index is 424. The second kappa shape index (κ2) is 8.28. The summed E-state index contributed by atoms with van der Waals surface area (Å²) >= 11 is 0. The van der Waals surface area contributed by atoms with Gasteiger partial charge in [-0.3, -0.25) is 0 Å². The van der Waals surface area contributed by atoms with E-state index >= 15 is 0 Å². The molecule has 0 aliphatic heterocycles. The minimum Gasteiger partial charge on any atom is -0.493 e. The molecule has 0 aromatic heterocycles. The van der Waals surface area contributed by atoms with Crippen LogP contribution < -0.4 is 14.8 Å². The Balaban J connectivity index is 2.81. The lowest BCUT2D eigenvalue weighted by Gasteiger charge is -2.27. The van der Waals surface area contributed by atoms with Gasteiger partial charge in [0, 0.05) is 6.04 Å². The molecule has 0 bridgehead atoms. The zero-order valence-corrected chi connectivity index (χ0v) is 14.5. The molecule has 0 heterocycles. The summed E-state index contributed by atoms with van der Waals surface area (Å²) in [5, 5.41) is 3.67. The van der Waals surface area contributed by atoms with Gasteiger partial charge < -0.3 is 14.8 Å². The number of hydrogen-bond acceptors (Lipinski definition) is 3. The standard InChI is InChI=1S/C18H31NO2/c1-7-10-19-15(13-18(2,3)4)11-14-8-9-16(20-5)17(12-14)21-6/h8-9,12,15,19H,7,10-11,13H2,1-6H3. The van der Waals surface area contributed by atoms with E-state index in [1.807, 2.05) is 6.07 Å². The molecule has 21 heavy (non-hydrogen) atoms. The molecule has 0 aliphatic carbocycles. The van der Waals surface area contributed by atoms with E-state index in [4.69, 9.17) is 9.47 Å². The number of rotatable bonds is 8. The lowest BCUT2D eigenvalue weighted by Crippen LogP contribution is -2.35. The fraction of sp³-hybridized carbons (Fsp3) is 0.667. The molecular weight excluding hydrogens is 262 g/mol. The van der Waals surface area contributed by atoms with Crippen LogP contribution in [0.2, 0.25) is 0 Å². The molecule has 0 saturated heterocycles. The first-order valence-corrected chi connectivity index (χ1v) is 7.84. The molecule has 3 heteroatoms. The van der Waals surface area contributed by atoms with Gasteiger partial charge in [-0.25, -0.2) is 0 Å². The van der Waals surface area contributed by atoms with Gasteiger partial charge in [0.05, 0.1) is 14.2 Å². The molecule has 3 nitrogen and oxygen atoms in total. The Labute approximate surface area is 130 Å². The average molecular weight is 293 g/mol. The van der Waals surface area contributed by atoms with Crippen molar-refractivity contribution in [3.05, 3.63) is 23.8 Å². The summed E-state index contributed by atoms with van der Waals surface area (Å²) in [6.45, 7) is 10.2. The second-order valence-electron chi connectivity index (χ2n) is 6.81. The summed E-state index contributed by atoms with van der Waals surface area (Å²) in [7, 11) is 3.35. The molecule has 1 aromatic carbocycles. The Morgan fingerprint density at radius 2 is 1.76 bits per heavy atom. The Kier molecular flexibility index (Phi) is 7.03. The van der Waals surface area contributed by atoms with Gasteiger partial charge in [-0.15, -0.1) is 0 Å². The highest BCUT2D eigenvalue weighted by Crippen LogP contribution is 2.29. The first-order valence-electron chi connectivity index (χ1n) is 7.84. The van der Waals surface area contributed by atoms with Gasteiger partial charge in [0.25, 0.3) is 0 Å². The van der Waals surface area contributed by atoms with Gasteiger partial charge in [-0.2, -0.15) is 0 Å². The SMILES string of the molecule is CCCNC(Cc1ccc(OC)c(OC)c1)CC(C)(C)C. The van der Waals surface area contributed by atoms with E-state index in [1.54, 1.807) is 14.2 Å². The summed E-state index contributed by atoms with van der Waals surface area (Å²) in [6.07, 6.45) is 3.32. The van der Waals surface area contributed by atoms with E-state index in [-0.39, 0.29) is 0 Å². The molecule has 1 rings (SSSR count). The predicted molar refractivity (Wildman–Crippen MR) is 89.4 cm³/mol. The van der Waals surface area contributed by atoms with E-state index in [0.717, 1.165) is 37.3 Å². The maximum Gasteiger partial charge on any atom is 0.160 e. The lowest BCUT2D eigenvalue weighted by molar-refractivity contribution is 0.306. The maximum atomic E-state index is 5.40. The molecule has 0 saturated carbocycles. The molecule has 0 aliphatic rings. The van der Waals surface area contributed by atoms with E-state index in [9.17, 15) is 0 Å². The fourth-order valence-corrected chi connectivity index (χ4v) is 2.60. The van der Waals surface area contributed by atoms with Crippen LogP contribution in [0.5, 0.6) is 11.5 Å². The van der Waals surface area contributed by atoms with Crippen molar-refractivity contribution in [2.45, 2.75) is 53.0 Å². The van der Waals surface area contributed by atoms with Gasteiger partial charge in [0.2, 0.25) is 0 Å². The van der Waals surface area contributed by atoms with Crippen LogP contribution in [-0.4, -0.2) is 26.8 Å². The smallest absolute Gasteiger partial charge is 0.160 e. The normalized spacial score (nSPS) is 13.0. The molecule has 0 radical (unpaired) electrons. The quantitative estimate of drug-likeness (QED) is 0.784. The summed E-state index contributed by atoms with van der Waals surface area (Å²) in [6, 6.07) is 6.69. The van der Waals surface area contributed by atoms with E-state index in [1.165, 1.54) is 5.56 Å². The third-order valence-electron chi connectivity index (χ3n) is 3.47. The highest BCUT2D eigenvalue weighted by molar-refractivity contribution is 5.43. The molecule has 1 aromatic rings. The van der Waals surface area contributed by atoms with Crippen molar-refractivity contribution in [2.24, 2.45) is 5.41 Å². The van der Waals surface area contributed by atoms with Crippen LogP contribution in [0.15, 0.2) is 18.2 Å². The highest BCUT2D eigenvalue weighted by atomic mass is 16.5. The van der Waals surface area contributed by atoms with Gasteiger partial charge in [0.1, 0.15) is 0 Å². The van der Waals surface area contributed by atoms with Crippen molar-refractivity contribution in [2.75, 3.05) is 20.8 Å². The first-order chi connectivity index (χ1) is 9.89. The van der Waals surface area contributed by atoms with Crippen LogP contribution in [0.25, 0.3) is 0 Å². The van der Waals surface area contributed by atoms with Crippen LogP contribution in [0.1, 0.15) is 46.1 Å². The molecule has 1 atom stereocenters. The van der Waals surface area contributed by atoms with Crippen molar-refractivity contribution < 1.29 is 9.47 Å². The first kappa shape index (κ1) is 17.8. The maximum absolute atomic E-state index is 5.40. The summed E-state index contributed by atoms with van der Waals surface area (Å²) in [4.78, 5) is 0. The Hall–Kier alpha value is -1.22. The minimum atomic E-state index is 0.321. The third-order valence-corrected chi connectivity index (χ3v) is 3.47. The van der Waals surface area contributed by atoms with Crippen molar-refractivity contribution in [3.8, 4) is 11.5 Å². The molecular formula is C18H31NO2. The zero-order chi connectivity index (χ0) is 15.9. The number of ether oxygens (including phenoxy) is 2. The summed E-state index contributed by atoms with van der Waals surface area (Å²) in [5.41, 5.74) is 1.60. The minimum absolute atomic E-state index is 0.321. The van der Waals surface area contributed by atoms with Crippen molar-refractivity contribution in [1.29, 1.82) is 0 Å². The third kappa shape index (κ3) is 6.38. The van der Waals surface area contributed by atoms with E-state index in [2.05, 4.69) is 45.1 Å². The number of hydrogen-bond donors (Lipinski definition) is 1. The van der Waals surface area contributed by atoms with Crippen LogP contribution in [0.4, 0.5) is 0 Å². The lowest BCUT2D eigenvalue weighted by atomic mass is 9.85. The molecule has 1 N–H and O–H groups in total. The molecule has 0 amide bonds. The van der Waals surface area contributed by atoms with Crippen LogP contribution in [-0.2, 0) is 6.42 Å². The van der Waals surface area contributed by atoms with Crippen molar-refractivity contribution >= 4 is 0 Å². The topological polar surface area (TPSA) is 30.5 Å². The van der Waals surface area contributed by atoms with Gasteiger partial charge in [-0.1, -0.05) is 33.8 Å². The van der Waals surface area contributed by atoms with Crippen LogP contribution in [0.3, 0.4) is 0 Å².